The second kappa shape index (κ2) is 11.3. The zero-order valence-corrected chi connectivity index (χ0v) is 22.3. The van der Waals surface area contributed by atoms with Crippen LogP contribution in [0, 0.1) is 17.3 Å². The minimum Gasteiger partial charge on any atom is -0.373 e. The molecule has 0 radical (unpaired) electrons. The molecule has 1 aliphatic carbocycles. The van der Waals surface area contributed by atoms with Gasteiger partial charge >= 0.3 is 0 Å². The fourth-order valence-corrected chi connectivity index (χ4v) is 5.48. The highest BCUT2D eigenvalue weighted by Gasteiger charge is 2.30. The Bertz CT molecular complexity index is 986. The third kappa shape index (κ3) is 7.17. The van der Waals surface area contributed by atoms with Crippen LogP contribution in [-0.4, -0.2) is 68.8 Å². The zero-order chi connectivity index (χ0) is 25.0. The number of carbonyl (C=O) groups is 1. The van der Waals surface area contributed by atoms with Crippen LogP contribution >= 0.6 is 0 Å². The van der Waals surface area contributed by atoms with Gasteiger partial charge in [-0.15, -0.1) is 0 Å². The summed E-state index contributed by atoms with van der Waals surface area (Å²) in [7, 11) is 4.11. The van der Waals surface area contributed by atoms with E-state index in [4.69, 9.17) is 9.72 Å². The van der Waals surface area contributed by atoms with Gasteiger partial charge in [0.05, 0.1) is 23.8 Å². The van der Waals surface area contributed by atoms with Gasteiger partial charge in [-0.1, -0.05) is 51.8 Å². The van der Waals surface area contributed by atoms with Crippen molar-refractivity contribution < 1.29 is 9.53 Å². The van der Waals surface area contributed by atoms with Crippen molar-refractivity contribution in [2.45, 2.75) is 59.0 Å². The molecule has 2 aromatic rings. The van der Waals surface area contributed by atoms with Crippen LogP contribution in [0.15, 0.2) is 30.3 Å². The Morgan fingerprint density at radius 3 is 2.49 bits per heavy atom. The molecule has 2 fully saturated rings. The van der Waals surface area contributed by atoms with E-state index in [1.54, 1.807) is 0 Å². The van der Waals surface area contributed by atoms with E-state index in [-0.39, 0.29) is 12.0 Å². The standard InChI is InChI=1S/C29H44N4O2/c1-29(2,3)17-21-10-12-22(13-11-21)18-30-28(34)25-16-27(31-26-9-7-6-8-24(25)26)33-19-23(20-33)35-15-14-32(4)5/h6-9,16,21-23H,10-15,17-20H2,1-5H3,(H,30,34). The van der Waals surface area contributed by atoms with Crippen LogP contribution in [0.25, 0.3) is 10.9 Å². The number of amides is 1. The van der Waals surface area contributed by atoms with Gasteiger partial charge in [0.2, 0.25) is 0 Å². The Kier molecular flexibility index (Phi) is 8.33. The number of nitrogens with zero attached hydrogens (tertiary/aromatic N) is 3. The topological polar surface area (TPSA) is 57.7 Å². The van der Waals surface area contributed by atoms with E-state index in [1.165, 1.54) is 32.1 Å². The molecule has 4 rings (SSSR count). The summed E-state index contributed by atoms with van der Waals surface area (Å²) in [6.45, 7) is 11.1. The molecule has 2 heterocycles. The van der Waals surface area contributed by atoms with Gasteiger partial charge < -0.3 is 19.9 Å². The van der Waals surface area contributed by atoms with E-state index in [0.29, 0.717) is 11.3 Å². The van der Waals surface area contributed by atoms with Crippen LogP contribution in [0.5, 0.6) is 0 Å². The number of aromatic nitrogens is 1. The number of carbonyl (C=O) groups excluding carboxylic acids is 1. The van der Waals surface area contributed by atoms with Gasteiger partial charge in [-0.25, -0.2) is 4.98 Å². The van der Waals surface area contributed by atoms with Gasteiger partial charge in [-0.3, -0.25) is 4.79 Å². The summed E-state index contributed by atoms with van der Waals surface area (Å²) in [5, 5.41) is 4.18. The predicted octanol–water partition coefficient (Wildman–Crippen LogP) is 4.97. The van der Waals surface area contributed by atoms with Gasteiger partial charge in [0.1, 0.15) is 5.82 Å². The maximum Gasteiger partial charge on any atom is 0.252 e. The summed E-state index contributed by atoms with van der Waals surface area (Å²) in [5.74, 6) is 2.30. The van der Waals surface area contributed by atoms with Gasteiger partial charge in [0.25, 0.3) is 5.91 Å². The van der Waals surface area contributed by atoms with Crippen LogP contribution in [0.4, 0.5) is 5.82 Å². The average Bonchev–Trinajstić information content (AvgIpc) is 2.78. The Hall–Kier alpha value is -2.18. The van der Waals surface area contributed by atoms with E-state index >= 15 is 0 Å². The SMILES string of the molecule is CN(C)CCOC1CN(c2cc(C(=O)NCC3CCC(CC(C)(C)C)CC3)c3ccccc3n2)C1. The number of hydrogen-bond donors (Lipinski definition) is 1. The molecule has 1 aromatic carbocycles. The van der Waals surface area contributed by atoms with Crippen molar-refractivity contribution in [1.29, 1.82) is 0 Å². The van der Waals surface area contributed by atoms with Crippen molar-refractivity contribution in [2.24, 2.45) is 17.3 Å². The third-order valence-corrected chi connectivity index (χ3v) is 7.43. The van der Waals surface area contributed by atoms with E-state index in [2.05, 4.69) is 50.0 Å². The van der Waals surface area contributed by atoms with Crippen LogP contribution in [0.2, 0.25) is 0 Å². The highest BCUT2D eigenvalue weighted by atomic mass is 16.5. The molecule has 0 unspecified atom stereocenters. The molecule has 0 atom stereocenters. The van der Waals surface area contributed by atoms with Gasteiger partial charge in [-0.05, 0) is 62.7 Å². The zero-order valence-electron chi connectivity index (χ0n) is 22.3. The molecule has 192 valence electrons. The van der Waals surface area contributed by atoms with Crippen molar-refractivity contribution in [3.8, 4) is 0 Å². The first-order valence-electron chi connectivity index (χ1n) is 13.4. The molecule has 0 bridgehead atoms. The Labute approximate surface area is 211 Å². The normalized spacial score (nSPS) is 21.4. The summed E-state index contributed by atoms with van der Waals surface area (Å²) in [6.07, 6.45) is 6.53. The summed E-state index contributed by atoms with van der Waals surface area (Å²) < 4.78 is 5.96. The number of rotatable bonds is 9. The van der Waals surface area contributed by atoms with Gasteiger partial charge in [-0.2, -0.15) is 0 Å². The summed E-state index contributed by atoms with van der Waals surface area (Å²) in [5.41, 5.74) is 2.00. The van der Waals surface area contributed by atoms with E-state index < -0.39 is 0 Å². The Balaban J connectivity index is 1.35. The summed E-state index contributed by atoms with van der Waals surface area (Å²) >= 11 is 0. The van der Waals surface area contributed by atoms with E-state index in [9.17, 15) is 4.79 Å². The van der Waals surface area contributed by atoms with Crippen LogP contribution in [0.3, 0.4) is 0 Å². The number of nitrogens with one attached hydrogen (secondary N) is 1. The Morgan fingerprint density at radius 1 is 1.11 bits per heavy atom. The monoisotopic (exact) mass is 480 g/mol. The smallest absolute Gasteiger partial charge is 0.252 e. The minimum absolute atomic E-state index is 0.0148. The molecule has 1 N–H and O–H groups in total. The second-order valence-electron chi connectivity index (χ2n) is 12.1. The molecule has 0 spiro atoms. The molecule has 6 heteroatoms. The highest BCUT2D eigenvalue weighted by molar-refractivity contribution is 6.07. The van der Waals surface area contributed by atoms with E-state index in [0.717, 1.165) is 61.0 Å². The number of para-hydroxylation sites is 1. The minimum atomic E-state index is 0.0148. The van der Waals surface area contributed by atoms with Crippen molar-refractivity contribution in [3.63, 3.8) is 0 Å². The van der Waals surface area contributed by atoms with Crippen LogP contribution in [0.1, 0.15) is 63.2 Å². The maximum atomic E-state index is 13.3. The second-order valence-corrected chi connectivity index (χ2v) is 12.1. The fraction of sp³-hybridized carbons (Fsp3) is 0.655. The quantitative estimate of drug-likeness (QED) is 0.549. The summed E-state index contributed by atoms with van der Waals surface area (Å²) in [6, 6.07) is 9.93. The molecule has 1 aromatic heterocycles. The number of hydrogen-bond acceptors (Lipinski definition) is 5. The number of ether oxygens (including phenoxy) is 1. The van der Waals surface area contributed by atoms with Gasteiger partial charge in [0, 0.05) is 31.6 Å². The lowest BCUT2D eigenvalue weighted by Gasteiger charge is -2.40. The molecule has 35 heavy (non-hydrogen) atoms. The molecule has 2 aliphatic rings. The molecule has 1 saturated carbocycles. The molecule has 1 amide bonds. The molecular weight excluding hydrogens is 436 g/mol. The van der Waals surface area contributed by atoms with Crippen LogP contribution < -0.4 is 10.2 Å². The van der Waals surface area contributed by atoms with Crippen molar-refractivity contribution in [2.75, 3.05) is 51.8 Å². The highest BCUT2D eigenvalue weighted by Crippen LogP contribution is 2.36. The molecular formula is C29H44N4O2. The molecule has 6 nitrogen and oxygen atoms in total. The lowest BCUT2D eigenvalue weighted by atomic mass is 9.74. The number of anilines is 1. The maximum absolute atomic E-state index is 13.3. The largest absolute Gasteiger partial charge is 0.373 e. The van der Waals surface area contributed by atoms with Crippen molar-refractivity contribution >= 4 is 22.6 Å². The lowest BCUT2D eigenvalue weighted by Crippen LogP contribution is -2.53. The number of likely N-dealkylation sites (N-methyl/N-ethyl adjacent to an activating group) is 1. The van der Waals surface area contributed by atoms with Gasteiger partial charge in [0.15, 0.2) is 0 Å². The summed E-state index contributed by atoms with van der Waals surface area (Å²) in [4.78, 5) is 22.5. The average molecular weight is 481 g/mol. The first-order valence-corrected chi connectivity index (χ1v) is 13.4. The molecule has 1 aliphatic heterocycles. The fourth-order valence-electron chi connectivity index (χ4n) is 5.48. The predicted molar refractivity (Wildman–Crippen MR) is 144 cm³/mol. The number of benzene rings is 1. The lowest BCUT2D eigenvalue weighted by molar-refractivity contribution is 0.0265. The van der Waals surface area contributed by atoms with E-state index in [1.807, 2.05) is 30.3 Å². The van der Waals surface area contributed by atoms with Crippen LogP contribution in [-0.2, 0) is 4.74 Å². The van der Waals surface area contributed by atoms with Crippen molar-refractivity contribution in [3.05, 3.63) is 35.9 Å². The Morgan fingerprint density at radius 2 is 1.80 bits per heavy atom. The van der Waals surface area contributed by atoms with Crippen molar-refractivity contribution in [1.82, 2.24) is 15.2 Å². The number of fused-ring (bicyclic) bond motifs is 1. The number of pyridine rings is 1. The molecule has 1 saturated heterocycles. The first kappa shape index (κ1) is 25.9. The third-order valence-electron chi connectivity index (χ3n) is 7.43. The first-order chi connectivity index (χ1) is 16.7.